The van der Waals surface area contributed by atoms with E-state index in [2.05, 4.69) is 86.8 Å². The Morgan fingerprint density at radius 1 is 0.433 bits per heavy atom. The molecule has 0 rings (SSSR count). The summed E-state index contributed by atoms with van der Waals surface area (Å²) in [6.45, 7) is 6.45. The average molecular weight is 939 g/mol. The van der Waals surface area contributed by atoms with E-state index in [-0.39, 0.29) is 24.9 Å². The normalized spacial score (nSPS) is 13.6. The van der Waals surface area contributed by atoms with E-state index in [1.807, 2.05) is 0 Å². The van der Waals surface area contributed by atoms with Crippen molar-refractivity contribution in [3.8, 4) is 0 Å². The van der Waals surface area contributed by atoms with Crippen LogP contribution in [0.2, 0.25) is 0 Å². The van der Waals surface area contributed by atoms with Gasteiger partial charge in [-0.05, 0) is 77.0 Å². The van der Waals surface area contributed by atoms with Gasteiger partial charge in [0.1, 0.15) is 6.10 Å². The van der Waals surface area contributed by atoms with Crippen LogP contribution in [0.25, 0.3) is 0 Å². The third kappa shape index (κ3) is 49.8. The number of esters is 1. The van der Waals surface area contributed by atoms with Crippen LogP contribution in [0.15, 0.2) is 60.8 Å². The summed E-state index contributed by atoms with van der Waals surface area (Å²) in [4.78, 5) is 26.3. The summed E-state index contributed by atoms with van der Waals surface area (Å²) in [5.41, 5.74) is 0. The predicted octanol–water partition coefficient (Wildman–Crippen LogP) is 18.0. The van der Waals surface area contributed by atoms with E-state index in [0.717, 1.165) is 89.9 Å². The molecule has 0 radical (unpaired) electrons. The quantitative estimate of drug-likeness (QED) is 0.0244. The van der Waals surface area contributed by atoms with Crippen LogP contribution < -0.4 is 5.32 Å². The van der Waals surface area contributed by atoms with Crippen LogP contribution in [0.4, 0.5) is 0 Å². The van der Waals surface area contributed by atoms with Gasteiger partial charge in [-0.1, -0.05) is 261 Å². The first-order valence-corrected chi connectivity index (χ1v) is 29.1. The minimum atomic E-state index is -0.796. The largest absolute Gasteiger partial charge is 0.462 e. The van der Waals surface area contributed by atoms with Crippen molar-refractivity contribution in [1.82, 2.24) is 5.32 Å². The number of ether oxygens (including phenoxy) is 1. The zero-order valence-corrected chi connectivity index (χ0v) is 44.5. The molecule has 0 bridgehead atoms. The van der Waals surface area contributed by atoms with Crippen LogP contribution in [0.3, 0.4) is 0 Å². The summed E-state index contributed by atoms with van der Waals surface area (Å²) >= 11 is 0. The third-order valence-electron chi connectivity index (χ3n) is 13.2. The third-order valence-corrected chi connectivity index (χ3v) is 13.2. The zero-order chi connectivity index (χ0) is 48.8. The Bertz CT molecular complexity index is 1190. The van der Waals surface area contributed by atoms with Gasteiger partial charge in [0.15, 0.2) is 0 Å². The summed E-state index contributed by atoms with van der Waals surface area (Å²) in [7, 11) is 0. The van der Waals surface area contributed by atoms with E-state index in [4.69, 9.17) is 4.74 Å². The number of aliphatic hydroxyl groups is 2. The summed E-state index contributed by atoms with van der Waals surface area (Å²) < 4.78 is 5.95. The fraction of sp³-hybridized carbons (Fsp3) is 0.803. The van der Waals surface area contributed by atoms with Crippen LogP contribution in [0.5, 0.6) is 0 Å². The van der Waals surface area contributed by atoms with Crippen molar-refractivity contribution in [1.29, 1.82) is 0 Å². The number of unbranched alkanes of at least 4 members (excludes halogenated alkanes) is 33. The van der Waals surface area contributed by atoms with Gasteiger partial charge >= 0.3 is 5.97 Å². The second-order valence-corrected chi connectivity index (χ2v) is 19.8. The number of aliphatic hydroxyl groups excluding tert-OH is 2. The summed E-state index contributed by atoms with van der Waals surface area (Å²) in [6, 6.07) is -0.711. The molecule has 0 aromatic rings. The molecule has 6 heteroatoms. The topological polar surface area (TPSA) is 95.9 Å². The Morgan fingerprint density at radius 2 is 0.776 bits per heavy atom. The molecule has 0 saturated heterocycles. The molecule has 0 aromatic carbocycles. The van der Waals surface area contributed by atoms with Gasteiger partial charge in [-0.15, -0.1) is 0 Å². The molecule has 390 valence electrons. The van der Waals surface area contributed by atoms with Gasteiger partial charge in [-0.2, -0.15) is 0 Å². The number of rotatable bonds is 52. The smallest absolute Gasteiger partial charge is 0.306 e. The highest BCUT2D eigenvalue weighted by Gasteiger charge is 2.24. The molecule has 0 aliphatic rings. The Balaban J connectivity index is 4.56. The highest BCUT2D eigenvalue weighted by Crippen LogP contribution is 2.18. The first-order chi connectivity index (χ1) is 33.0. The molecule has 3 N–H and O–H groups in total. The monoisotopic (exact) mass is 938 g/mol. The van der Waals surface area contributed by atoms with Gasteiger partial charge in [0.05, 0.1) is 25.2 Å². The molecular formula is C61H111NO5. The molecule has 0 aromatic heterocycles. The van der Waals surface area contributed by atoms with Crippen LogP contribution in [0, 0.1) is 0 Å². The van der Waals surface area contributed by atoms with Crippen molar-refractivity contribution in [3.63, 3.8) is 0 Å². The van der Waals surface area contributed by atoms with Gasteiger partial charge in [0.25, 0.3) is 0 Å². The summed E-state index contributed by atoms with van der Waals surface area (Å²) in [5.74, 6) is -0.501. The molecule has 0 aliphatic carbocycles. The maximum absolute atomic E-state index is 13.3. The SMILES string of the molecule is CCCCC/C=C/C=C/C=C/C=C/CCCCCCCC(=O)OC(CCCCCCC/C=C\CCCCCC)CC(=O)NC(CO)C(O)CCCCCCCCCCCCCCCCCCC. The second kappa shape index (κ2) is 54.5. The van der Waals surface area contributed by atoms with Gasteiger partial charge in [0, 0.05) is 6.42 Å². The van der Waals surface area contributed by atoms with E-state index in [1.165, 1.54) is 154 Å². The van der Waals surface area contributed by atoms with Gasteiger partial charge < -0.3 is 20.3 Å². The van der Waals surface area contributed by atoms with E-state index in [1.54, 1.807) is 0 Å². The number of amides is 1. The Morgan fingerprint density at radius 3 is 1.24 bits per heavy atom. The zero-order valence-electron chi connectivity index (χ0n) is 44.5. The lowest BCUT2D eigenvalue weighted by atomic mass is 10.0. The fourth-order valence-corrected chi connectivity index (χ4v) is 8.73. The fourth-order valence-electron chi connectivity index (χ4n) is 8.73. The minimum Gasteiger partial charge on any atom is -0.462 e. The first kappa shape index (κ1) is 64.6. The lowest BCUT2D eigenvalue weighted by Crippen LogP contribution is -2.46. The molecule has 0 aliphatic heterocycles. The Kier molecular flexibility index (Phi) is 52.5. The number of allylic oxidation sites excluding steroid dienone is 10. The summed E-state index contributed by atoms with van der Waals surface area (Å²) in [6.07, 6.45) is 68.5. The van der Waals surface area contributed by atoms with Crippen molar-refractivity contribution in [2.75, 3.05) is 6.61 Å². The standard InChI is InChI=1S/C61H111NO5/c1-4-7-10-13-16-19-22-25-27-29-31-33-36-39-42-45-48-51-54-61(66)67-57(52-49-46-43-40-37-34-24-21-18-15-12-9-6-3)55-60(65)62-58(56-63)59(64)53-50-47-44-41-38-35-32-30-28-26-23-20-17-14-11-8-5-2/h16,19,21-22,24-25,27,29,31,33,57-59,63-64H,4-15,17-18,20,23,26,28,30,32,34-56H2,1-3H3,(H,62,65)/b19-16+,24-21-,25-22+,29-27+,33-31+. The molecule has 6 nitrogen and oxygen atoms in total. The summed E-state index contributed by atoms with van der Waals surface area (Å²) in [5, 5.41) is 23.9. The van der Waals surface area contributed by atoms with Crippen molar-refractivity contribution >= 4 is 11.9 Å². The van der Waals surface area contributed by atoms with Crippen LogP contribution in [-0.4, -0.2) is 46.9 Å². The molecule has 0 heterocycles. The predicted molar refractivity (Wildman–Crippen MR) is 292 cm³/mol. The maximum atomic E-state index is 13.3. The van der Waals surface area contributed by atoms with Crippen molar-refractivity contribution in [2.45, 2.75) is 309 Å². The second-order valence-electron chi connectivity index (χ2n) is 19.8. The molecule has 0 fully saturated rings. The van der Waals surface area contributed by atoms with Crippen LogP contribution in [-0.2, 0) is 14.3 Å². The number of carbonyl (C=O) groups is 2. The van der Waals surface area contributed by atoms with Crippen LogP contribution >= 0.6 is 0 Å². The molecule has 1 amide bonds. The van der Waals surface area contributed by atoms with Crippen molar-refractivity contribution < 1.29 is 24.5 Å². The average Bonchev–Trinajstić information content (AvgIpc) is 3.32. The number of nitrogens with one attached hydrogen (secondary N) is 1. The molecule has 3 atom stereocenters. The Labute approximate surface area is 416 Å². The molecule has 0 spiro atoms. The van der Waals surface area contributed by atoms with E-state index in [0.29, 0.717) is 19.3 Å². The van der Waals surface area contributed by atoms with Crippen molar-refractivity contribution in [3.05, 3.63) is 60.8 Å². The first-order valence-electron chi connectivity index (χ1n) is 29.1. The minimum absolute atomic E-state index is 0.0618. The highest BCUT2D eigenvalue weighted by molar-refractivity contribution is 5.77. The molecule has 0 saturated carbocycles. The number of hydrogen-bond acceptors (Lipinski definition) is 5. The number of hydrogen-bond donors (Lipinski definition) is 3. The molecule has 3 unspecified atom stereocenters. The van der Waals surface area contributed by atoms with E-state index in [9.17, 15) is 19.8 Å². The Hall–Kier alpha value is -2.44. The highest BCUT2D eigenvalue weighted by atomic mass is 16.5. The van der Waals surface area contributed by atoms with E-state index >= 15 is 0 Å². The van der Waals surface area contributed by atoms with E-state index < -0.39 is 18.2 Å². The van der Waals surface area contributed by atoms with Gasteiger partial charge in [0.2, 0.25) is 5.91 Å². The van der Waals surface area contributed by atoms with Crippen LogP contribution in [0.1, 0.15) is 290 Å². The lowest BCUT2D eigenvalue weighted by Gasteiger charge is -2.24. The number of carbonyl (C=O) groups excluding carboxylic acids is 2. The van der Waals surface area contributed by atoms with Crippen molar-refractivity contribution in [2.24, 2.45) is 0 Å². The molecule has 67 heavy (non-hydrogen) atoms. The molecular weight excluding hydrogens is 827 g/mol. The van der Waals surface area contributed by atoms with Gasteiger partial charge in [-0.3, -0.25) is 9.59 Å². The lowest BCUT2D eigenvalue weighted by molar-refractivity contribution is -0.151. The maximum Gasteiger partial charge on any atom is 0.306 e. The van der Waals surface area contributed by atoms with Gasteiger partial charge in [-0.25, -0.2) is 0 Å².